The molecule has 3 N–H and O–H groups in total. The molecule has 0 bridgehead atoms. The Bertz CT molecular complexity index is 1360. The Morgan fingerprint density at radius 2 is 1.88 bits per heavy atom. The van der Waals surface area contributed by atoms with Gasteiger partial charge in [-0.15, -0.1) is 0 Å². The van der Waals surface area contributed by atoms with Gasteiger partial charge < -0.3 is 20.0 Å². The third-order valence-corrected chi connectivity index (χ3v) is 5.48. The number of rotatable bonds is 1. The van der Waals surface area contributed by atoms with Crippen molar-refractivity contribution < 1.29 is 32.7 Å². The van der Waals surface area contributed by atoms with Crippen LogP contribution in [0.3, 0.4) is 0 Å². The van der Waals surface area contributed by atoms with Gasteiger partial charge in [-0.25, -0.2) is 4.79 Å². The largest absolute Gasteiger partial charge is 0.490 e. The number of fused-ring (bicyclic) bond motifs is 4. The summed E-state index contributed by atoms with van der Waals surface area (Å²) in [5.74, 6) is -2.92. The average molecular weight is 462 g/mol. The minimum Gasteiger partial charge on any atom is -0.475 e. The quantitative estimate of drug-likeness (QED) is 0.513. The maximum atomic E-state index is 12.3. The number of hydrogen-bond donors (Lipinski definition) is 3. The molecule has 2 aromatic heterocycles. The highest BCUT2D eigenvalue weighted by Crippen LogP contribution is 2.40. The number of carboxylic acids is 1. The average Bonchev–Trinajstić information content (AvgIpc) is 3.38. The minimum atomic E-state index is -5.08. The Balaban J connectivity index is 0.000000325. The van der Waals surface area contributed by atoms with Gasteiger partial charge in [-0.2, -0.15) is 13.2 Å². The van der Waals surface area contributed by atoms with Crippen molar-refractivity contribution in [2.45, 2.75) is 25.1 Å². The number of nitrogens with one attached hydrogen (secondary N) is 2. The van der Waals surface area contributed by atoms with Gasteiger partial charge in [-0.05, 0) is 30.2 Å². The number of halogens is 3. The van der Waals surface area contributed by atoms with Crippen molar-refractivity contribution in [2.75, 3.05) is 10.2 Å². The molecule has 0 saturated carbocycles. The van der Waals surface area contributed by atoms with Crippen LogP contribution in [0.25, 0.3) is 22.0 Å². The molecule has 1 fully saturated rings. The van der Waals surface area contributed by atoms with E-state index in [-0.39, 0.29) is 17.4 Å². The molecule has 2 aliphatic heterocycles. The van der Waals surface area contributed by atoms with Crippen molar-refractivity contribution in [1.29, 1.82) is 0 Å². The summed E-state index contributed by atoms with van der Waals surface area (Å²) in [5.41, 5.74) is 3.59. The van der Waals surface area contributed by atoms with E-state index in [4.69, 9.17) is 9.90 Å². The summed E-state index contributed by atoms with van der Waals surface area (Å²) in [6, 6.07) is 7.06. The van der Waals surface area contributed by atoms with Crippen LogP contribution in [0, 0.1) is 0 Å². The SMILES string of the molecule is Cn1cc(-c2ccc3c(c2)N2C(=O)CCC2C(=O)N3)c2cc[nH]c2c1=O.O=C(O)C(F)(F)F. The number of nitrogens with zero attached hydrogens (tertiary/aromatic N) is 2. The molecule has 9 nitrogen and oxygen atoms in total. The highest BCUT2D eigenvalue weighted by Gasteiger charge is 2.41. The second kappa shape index (κ2) is 7.80. The summed E-state index contributed by atoms with van der Waals surface area (Å²) in [7, 11) is 1.71. The van der Waals surface area contributed by atoms with Crippen LogP contribution >= 0.6 is 0 Å². The number of amides is 2. The van der Waals surface area contributed by atoms with E-state index in [9.17, 15) is 27.6 Å². The Morgan fingerprint density at radius 3 is 2.55 bits per heavy atom. The van der Waals surface area contributed by atoms with E-state index in [1.165, 1.54) is 0 Å². The van der Waals surface area contributed by atoms with Crippen LogP contribution in [-0.2, 0) is 21.4 Å². The van der Waals surface area contributed by atoms with E-state index < -0.39 is 18.2 Å². The fourth-order valence-corrected chi connectivity index (χ4v) is 3.95. The van der Waals surface area contributed by atoms with Crippen LogP contribution < -0.4 is 15.8 Å². The van der Waals surface area contributed by atoms with Gasteiger partial charge in [0, 0.05) is 36.8 Å². The number of aromatic amines is 1. The van der Waals surface area contributed by atoms with Crippen LogP contribution in [0.4, 0.5) is 24.5 Å². The van der Waals surface area contributed by atoms with Crippen molar-refractivity contribution in [1.82, 2.24) is 9.55 Å². The predicted octanol–water partition coefficient (Wildman–Crippen LogP) is 2.61. The summed E-state index contributed by atoms with van der Waals surface area (Å²) < 4.78 is 33.3. The second-order valence-electron chi connectivity index (χ2n) is 7.57. The number of anilines is 2. The van der Waals surface area contributed by atoms with Crippen LogP contribution in [-0.4, -0.2) is 44.7 Å². The lowest BCUT2D eigenvalue weighted by molar-refractivity contribution is -0.192. The van der Waals surface area contributed by atoms with Gasteiger partial charge in [0.1, 0.15) is 11.6 Å². The molecule has 0 radical (unpaired) electrons. The maximum Gasteiger partial charge on any atom is 0.490 e. The van der Waals surface area contributed by atoms with E-state index in [0.29, 0.717) is 29.7 Å². The third-order valence-electron chi connectivity index (χ3n) is 5.48. The number of H-pyrrole nitrogens is 1. The number of aryl methyl sites for hydroxylation is 1. The minimum absolute atomic E-state index is 0.0319. The number of carbonyl (C=O) groups excluding carboxylic acids is 2. The molecule has 4 heterocycles. The van der Waals surface area contributed by atoms with Crippen molar-refractivity contribution in [2.24, 2.45) is 7.05 Å². The summed E-state index contributed by atoms with van der Waals surface area (Å²) in [4.78, 5) is 50.3. The number of carbonyl (C=O) groups is 3. The number of pyridine rings is 1. The topological polar surface area (TPSA) is 124 Å². The number of alkyl halides is 3. The van der Waals surface area contributed by atoms with Crippen LogP contribution in [0.2, 0.25) is 0 Å². The molecule has 33 heavy (non-hydrogen) atoms. The molecule has 1 unspecified atom stereocenters. The van der Waals surface area contributed by atoms with Gasteiger partial charge in [0.25, 0.3) is 5.56 Å². The molecule has 172 valence electrons. The second-order valence-corrected chi connectivity index (χ2v) is 7.57. The maximum absolute atomic E-state index is 12.3. The van der Waals surface area contributed by atoms with Gasteiger partial charge in [-0.1, -0.05) is 6.07 Å². The van der Waals surface area contributed by atoms with Crippen molar-refractivity contribution in [3.63, 3.8) is 0 Å². The Kier molecular flexibility index (Phi) is 5.23. The first-order valence-electron chi connectivity index (χ1n) is 9.73. The number of aliphatic carboxylic acids is 1. The first-order valence-corrected chi connectivity index (χ1v) is 9.73. The molecule has 12 heteroatoms. The number of hydrogen-bond acceptors (Lipinski definition) is 4. The summed E-state index contributed by atoms with van der Waals surface area (Å²) in [6.45, 7) is 0. The molecule has 3 aromatic rings. The van der Waals surface area contributed by atoms with Crippen LogP contribution in [0.15, 0.2) is 41.5 Å². The summed E-state index contributed by atoms with van der Waals surface area (Å²) >= 11 is 0. The highest BCUT2D eigenvalue weighted by atomic mass is 19.4. The smallest absolute Gasteiger partial charge is 0.475 e. The molecule has 0 aliphatic carbocycles. The third kappa shape index (κ3) is 3.83. The zero-order valence-electron chi connectivity index (χ0n) is 17.1. The molecule has 1 atom stereocenters. The molecule has 2 amide bonds. The molecular formula is C21H17F3N4O5. The van der Waals surface area contributed by atoms with Gasteiger partial charge in [0.15, 0.2) is 0 Å². The first-order chi connectivity index (χ1) is 15.5. The lowest BCUT2D eigenvalue weighted by Crippen LogP contribution is -2.45. The van der Waals surface area contributed by atoms with E-state index in [2.05, 4.69) is 10.3 Å². The van der Waals surface area contributed by atoms with E-state index in [1.54, 1.807) is 28.9 Å². The normalized spacial score (nSPS) is 17.2. The monoisotopic (exact) mass is 462 g/mol. The molecule has 2 aliphatic rings. The van der Waals surface area contributed by atoms with Crippen molar-refractivity contribution >= 4 is 40.1 Å². The van der Waals surface area contributed by atoms with Gasteiger partial charge in [0.05, 0.1) is 11.4 Å². The standard InChI is InChI=1S/C19H16N4O3.C2HF3O2/c1-22-9-12(11-6-7-20-17(11)19(22)26)10-2-3-13-15(8-10)23-14(18(25)21-13)4-5-16(23)24;3-2(4,5)1(6)7/h2-3,6-9,14,20H,4-5H2,1H3,(H,21,25);(H,6,7). The predicted molar refractivity (Wildman–Crippen MR) is 112 cm³/mol. The Morgan fingerprint density at radius 1 is 1.18 bits per heavy atom. The first kappa shape index (κ1) is 22.1. The van der Waals surface area contributed by atoms with Gasteiger partial charge in [0.2, 0.25) is 11.8 Å². The van der Waals surface area contributed by atoms with Crippen LogP contribution in [0.5, 0.6) is 0 Å². The Hall–Kier alpha value is -4.09. The number of aromatic nitrogens is 2. The highest BCUT2D eigenvalue weighted by molar-refractivity contribution is 6.14. The van der Waals surface area contributed by atoms with Crippen molar-refractivity contribution in [3.05, 3.63) is 47.0 Å². The molecule has 5 rings (SSSR count). The van der Waals surface area contributed by atoms with E-state index in [1.807, 2.05) is 24.3 Å². The fourth-order valence-electron chi connectivity index (χ4n) is 3.95. The zero-order valence-corrected chi connectivity index (χ0v) is 17.1. The lowest BCUT2D eigenvalue weighted by atomic mass is 10.0. The van der Waals surface area contributed by atoms with E-state index in [0.717, 1.165) is 16.5 Å². The summed E-state index contributed by atoms with van der Waals surface area (Å²) in [5, 5.41) is 10.8. The number of carboxylic acid groups (broad SMARTS) is 1. The molecular weight excluding hydrogens is 445 g/mol. The van der Waals surface area contributed by atoms with Gasteiger partial charge in [-0.3, -0.25) is 19.3 Å². The van der Waals surface area contributed by atoms with E-state index >= 15 is 0 Å². The van der Waals surface area contributed by atoms with Crippen molar-refractivity contribution in [3.8, 4) is 11.1 Å². The van der Waals surface area contributed by atoms with Crippen LogP contribution in [0.1, 0.15) is 12.8 Å². The summed E-state index contributed by atoms with van der Waals surface area (Å²) in [6.07, 6.45) is -0.626. The fraction of sp³-hybridized carbons (Fsp3) is 0.238. The molecule has 1 aromatic carbocycles. The molecule has 0 spiro atoms. The molecule has 1 saturated heterocycles. The van der Waals surface area contributed by atoms with Gasteiger partial charge >= 0.3 is 12.1 Å². The zero-order chi connectivity index (χ0) is 24.1. The Labute approximate surface area is 183 Å². The number of benzene rings is 1. The lowest BCUT2D eigenvalue weighted by Gasteiger charge is -2.31.